The molecule has 1 heterocycles. The van der Waals surface area contributed by atoms with Gasteiger partial charge in [-0.15, -0.1) is 0 Å². The summed E-state index contributed by atoms with van der Waals surface area (Å²) in [5, 5.41) is 57.5. The van der Waals surface area contributed by atoms with Crippen molar-refractivity contribution in [2.24, 2.45) is 0 Å². The smallest absolute Gasteiger partial charge is 0.306 e. The zero-order valence-electron chi connectivity index (χ0n) is 61.5. The highest BCUT2D eigenvalue weighted by molar-refractivity contribution is 5.80. The highest BCUT2D eigenvalue weighted by Crippen LogP contribution is 2.27. The van der Waals surface area contributed by atoms with Crippen LogP contribution in [0.1, 0.15) is 361 Å². The van der Waals surface area contributed by atoms with E-state index in [4.69, 9.17) is 14.2 Å². The number of hydrogen-bond donors (Lipinski definition) is 6. The lowest BCUT2D eigenvalue weighted by atomic mass is 9.99. The second kappa shape index (κ2) is 70.4. The Morgan fingerprint density at radius 3 is 1.11 bits per heavy atom. The Kier molecular flexibility index (Phi) is 66.4. The van der Waals surface area contributed by atoms with Crippen molar-refractivity contribution in [1.29, 1.82) is 0 Å². The molecule has 8 unspecified atom stereocenters. The first-order valence-electron chi connectivity index (χ1n) is 40.0. The molecule has 8 atom stereocenters. The zero-order valence-corrected chi connectivity index (χ0v) is 61.5. The van der Waals surface area contributed by atoms with E-state index in [-0.39, 0.29) is 19.4 Å². The standard InChI is InChI=1S/C84H149NO10/c1-4-7-10-13-16-19-22-25-27-29-31-33-35-37-39-41-43-45-47-49-51-54-57-60-63-66-69-72-79(89)95-82-81(91)80(90)78(73-86)94-84(82)93-74-75(76(87)70-67-64-61-58-55-52-24-21-18-15-12-9-6-3)85-83(92)77(88)71-68-65-62-59-56-53-50-48-46-44-42-40-38-36-34-32-30-28-26-23-20-17-14-11-8-5-2/h16-17,19-20,25-28,31-34,38,40,67,70,75-78,80-82,84,86-88,90-91H,4-15,18,21-24,29-30,35-37,39,41-66,68-69,71-74H2,1-3H3,(H,85,92)/b19-16-,20-17-,27-25-,28-26-,33-31-,34-32-,40-38-,70-67+. The van der Waals surface area contributed by atoms with Crippen LogP contribution in [0.2, 0.25) is 0 Å². The first-order valence-corrected chi connectivity index (χ1v) is 40.0. The second-order valence-electron chi connectivity index (χ2n) is 27.4. The van der Waals surface area contributed by atoms with E-state index in [1.165, 1.54) is 218 Å². The van der Waals surface area contributed by atoms with Crippen LogP contribution in [0.4, 0.5) is 0 Å². The van der Waals surface area contributed by atoms with Gasteiger partial charge < -0.3 is 45.1 Å². The van der Waals surface area contributed by atoms with Crippen LogP contribution >= 0.6 is 0 Å². The summed E-state index contributed by atoms with van der Waals surface area (Å²) in [6, 6.07) is -1.03. The predicted octanol–water partition coefficient (Wildman–Crippen LogP) is 21.7. The number of carbonyl (C=O) groups is 2. The molecule has 95 heavy (non-hydrogen) atoms. The number of aliphatic hydroxyl groups excluding tert-OH is 5. The fraction of sp³-hybridized carbons (Fsp3) is 0.786. The molecule has 0 bridgehead atoms. The Morgan fingerprint density at radius 1 is 0.411 bits per heavy atom. The van der Waals surface area contributed by atoms with Crippen molar-refractivity contribution < 1.29 is 49.3 Å². The lowest BCUT2D eigenvalue weighted by Crippen LogP contribution is -2.61. The number of esters is 1. The number of carbonyl (C=O) groups excluding carboxylic acids is 2. The number of allylic oxidation sites excluding steroid dienone is 15. The highest BCUT2D eigenvalue weighted by atomic mass is 16.7. The molecular weight excluding hydrogens is 1180 g/mol. The minimum absolute atomic E-state index is 0.120. The van der Waals surface area contributed by atoms with Crippen molar-refractivity contribution in [2.75, 3.05) is 13.2 Å². The Morgan fingerprint density at radius 2 is 0.726 bits per heavy atom. The summed E-state index contributed by atoms with van der Waals surface area (Å²) in [4.78, 5) is 26.8. The predicted molar refractivity (Wildman–Crippen MR) is 402 cm³/mol. The van der Waals surface area contributed by atoms with Crippen LogP contribution in [-0.2, 0) is 23.8 Å². The van der Waals surface area contributed by atoms with Gasteiger partial charge in [0.25, 0.3) is 0 Å². The zero-order chi connectivity index (χ0) is 68.8. The van der Waals surface area contributed by atoms with Crippen molar-refractivity contribution in [1.82, 2.24) is 5.32 Å². The molecule has 1 aliphatic heterocycles. The van der Waals surface area contributed by atoms with Gasteiger partial charge >= 0.3 is 5.97 Å². The molecule has 1 saturated heterocycles. The van der Waals surface area contributed by atoms with E-state index in [1.54, 1.807) is 6.08 Å². The molecule has 0 radical (unpaired) electrons. The molecule has 550 valence electrons. The normalized spacial score (nSPS) is 18.3. The lowest BCUT2D eigenvalue weighted by Gasteiger charge is -2.41. The minimum Gasteiger partial charge on any atom is -0.454 e. The SMILES string of the molecule is CCCCC/C=C\C/C=C\C/C=C\C/C=C\CCCCCCCCCCCCC(O)C(=O)NC(COC1OC(CO)C(O)C(O)C1OC(=O)CCCCCCCCCCCCCCCC/C=C\C/C=C\C/C=C\CCCCC)C(O)/C=C/CCCCCCCCCCCCC. The summed E-state index contributed by atoms with van der Waals surface area (Å²) in [7, 11) is 0. The number of amides is 1. The van der Waals surface area contributed by atoms with Crippen LogP contribution < -0.4 is 5.32 Å². The number of hydrogen-bond acceptors (Lipinski definition) is 10. The molecule has 1 fully saturated rings. The summed E-state index contributed by atoms with van der Waals surface area (Å²) in [5.74, 6) is -1.19. The molecule has 0 aromatic heterocycles. The van der Waals surface area contributed by atoms with Crippen LogP contribution in [0.15, 0.2) is 97.2 Å². The van der Waals surface area contributed by atoms with Crippen molar-refractivity contribution in [2.45, 2.75) is 410 Å². The van der Waals surface area contributed by atoms with E-state index in [0.717, 1.165) is 96.3 Å². The summed E-state index contributed by atoms with van der Waals surface area (Å²) >= 11 is 0. The van der Waals surface area contributed by atoms with Gasteiger partial charge in [-0.2, -0.15) is 0 Å². The molecule has 0 spiro atoms. The molecule has 0 aliphatic carbocycles. The minimum atomic E-state index is -1.62. The molecule has 6 N–H and O–H groups in total. The van der Waals surface area contributed by atoms with Crippen LogP contribution in [0.3, 0.4) is 0 Å². The average molecular weight is 1330 g/mol. The summed E-state index contributed by atoms with van der Waals surface area (Å²) in [6.45, 7) is 5.78. The Balaban J connectivity index is 2.52. The van der Waals surface area contributed by atoms with Crippen LogP contribution in [0, 0.1) is 0 Å². The molecule has 0 aromatic rings. The Labute approximate surface area is 584 Å². The first kappa shape index (κ1) is 89.6. The lowest BCUT2D eigenvalue weighted by molar-refractivity contribution is -0.305. The molecule has 1 aliphatic rings. The maximum absolute atomic E-state index is 13.5. The fourth-order valence-corrected chi connectivity index (χ4v) is 12.2. The van der Waals surface area contributed by atoms with Crippen LogP contribution in [0.5, 0.6) is 0 Å². The van der Waals surface area contributed by atoms with Gasteiger partial charge in [0.2, 0.25) is 5.91 Å². The van der Waals surface area contributed by atoms with E-state index in [0.29, 0.717) is 12.8 Å². The van der Waals surface area contributed by atoms with Crippen molar-refractivity contribution in [3.05, 3.63) is 97.2 Å². The molecule has 1 amide bonds. The summed E-state index contributed by atoms with van der Waals surface area (Å²) in [5.41, 5.74) is 0. The number of unbranched alkanes of at least 4 members (excludes halogenated alkanes) is 41. The number of rotatable bonds is 69. The molecule has 0 saturated carbocycles. The Hall–Kier alpha value is -3.42. The third-order valence-corrected chi connectivity index (χ3v) is 18.5. The third kappa shape index (κ3) is 57.1. The van der Waals surface area contributed by atoms with Crippen molar-refractivity contribution >= 4 is 11.9 Å². The van der Waals surface area contributed by atoms with Gasteiger partial charge in [-0.05, 0) is 109 Å². The average Bonchev–Trinajstić information content (AvgIpc) is 0.829. The topological polar surface area (TPSA) is 175 Å². The van der Waals surface area contributed by atoms with E-state index in [1.807, 2.05) is 6.08 Å². The molecule has 1 rings (SSSR count). The van der Waals surface area contributed by atoms with Crippen molar-refractivity contribution in [3.8, 4) is 0 Å². The van der Waals surface area contributed by atoms with Gasteiger partial charge in [0.15, 0.2) is 12.4 Å². The van der Waals surface area contributed by atoms with E-state index >= 15 is 0 Å². The quantitative estimate of drug-likeness (QED) is 0.0195. The van der Waals surface area contributed by atoms with Crippen molar-refractivity contribution in [3.63, 3.8) is 0 Å². The molecule has 11 heteroatoms. The van der Waals surface area contributed by atoms with Gasteiger partial charge in [0.1, 0.15) is 24.4 Å². The van der Waals surface area contributed by atoms with E-state index in [9.17, 15) is 35.1 Å². The maximum Gasteiger partial charge on any atom is 0.306 e. The highest BCUT2D eigenvalue weighted by Gasteiger charge is 2.47. The monoisotopic (exact) mass is 1330 g/mol. The number of nitrogens with one attached hydrogen (secondary N) is 1. The van der Waals surface area contributed by atoms with Gasteiger partial charge in [-0.3, -0.25) is 9.59 Å². The van der Waals surface area contributed by atoms with Crippen LogP contribution in [0.25, 0.3) is 0 Å². The molecule has 0 aromatic carbocycles. The molecule has 11 nitrogen and oxygen atoms in total. The number of aliphatic hydroxyl groups is 5. The van der Waals surface area contributed by atoms with E-state index in [2.05, 4.69) is 111 Å². The second-order valence-corrected chi connectivity index (χ2v) is 27.4. The fourth-order valence-electron chi connectivity index (χ4n) is 12.2. The van der Waals surface area contributed by atoms with Gasteiger partial charge in [0, 0.05) is 6.42 Å². The largest absolute Gasteiger partial charge is 0.454 e. The number of ether oxygens (including phenoxy) is 3. The van der Waals surface area contributed by atoms with Crippen LogP contribution in [-0.4, -0.2) is 99.6 Å². The molecular formula is C84H149NO10. The first-order chi connectivity index (χ1) is 46.7. The Bertz CT molecular complexity index is 1920. The van der Waals surface area contributed by atoms with Gasteiger partial charge in [0.05, 0.1) is 25.4 Å². The summed E-state index contributed by atoms with van der Waals surface area (Å²) < 4.78 is 17.8. The summed E-state index contributed by atoms with van der Waals surface area (Å²) in [6.07, 6.45) is 85.9. The maximum atomic E-state index is 13.5. The van der Waals surface area contributed by atoms with Gasteiger partial charge in [-0.1, -0.05) is 343 Å². The van der Waals surface area contributed by atoms with Gasteiger partial charge in [-0.25, -0.2) is 0 Å². The van der Waals surface area contributed by atoms with E-state index < -0.39 is 67.4 Å². The third-order valence-electron chi connectivity index (χ3n) is 18.5.